The molecule has 0 radical (unpaired) electrons. The maximum absolute atomic E-state index is 11.1. The van der Waals surface area contributed by atoms with Gasteiger partial charge in [0.15, 0.2) is 0 Å². The van der Waals surface area contributed by atoms with Crippen molar-refractivity contribution >= 4 is 31.6 Å². The Hall–Kier alpha value is -0.660. The first-order valence-corrected chi connectivity index (χ1v) is 6.73. The second-order valence-electron chi connectivity index (χ2n) is 2.94. The molecule has 0 aromatic carbocycles. The number of hydrogen-bond acceptors (Lipinski definition) is 4. The Morgan fingerprint density at radius 3 is 2.73 bits per heavy atom. The van der Waals surface area contributed by atoms with E-state index in [2.05, 4.69) is 25.6 Å². The standard InChI is InChI=1S/C8H11BrN2O3S/c1-14-5-7-6(11-15(2,12)13)3-4-8(9)10-7/h3-4,11H,5H2,1-2H3. The van der Waals surface area contributed by atoms with Gasteiger partial charge in [0, 0.05) is 7.11 Å². The van der Waals surface area contributed by atoms with Crippen LogP contribution in [0, 0.1) is 0 Å². The van der Waals surface area contributed by atoms with Gasteiger partial charge >= 0.3 is 0 Å². The van der Waals surface area contributed by atoms with Crippen LogP contribution in [0.25, 0.3) is 0 Å². The van der Waals surface area contributed by atoms with Crippen molar-refractivity contribution in [1.82, 2.24) is 4.98 Å². The maximum Gasteiger partial charge on any atom is 0.229 e. The van der Waals surface area contributed by atoms with E-state index in [0.717, 1.165) is 6.26 Å². The third kappa shape index (κ3) is 4.15. The summed E-state index contributed by atoms with van der Waals surface area (Å²) in [5.41, 5.74) is 0.972. The number of pyridine rings is 1. The van der Waals surface area contributed by atoms with Crippen LogP contribution in [0.4, 0.5) is 5.69 Å². The van der Waals surface area contributed by atoms with E-state index in [1.54, 1.807) is 12.1 Å². The SMILES string of the molecule is COCc1nc(Br)ccc1NS(C)(=O)=O. The van der Waals surface area contributed by atoms with Crippen molar-refractivity contribution in [3.8, 4) is 0 Å². The number of nitrogens with zero attached hydrogens (tertiary/aromatic N) is 1. The van der Waals surface area contributed by atoms with Gasteiger partial charge in [-0.3, -0.25) is 4.72 Å². The molecule has 0 aliphatic rings. The molecule has 0 aliphatic heterocycles. The molecule has 0 fully saturated rings. The number of halogens is 1. The van der Waals surface area contributed by atoms with Crippen molar-refractivity contribution in [3.05, 3.63) is 22.4 Å². The first-order valence-electron chi connectivity index (χ1n) is 4.04. The van der Waals surface area contributed by atoms with Gasteiger partial charge in [-0.1, -0.05) is 0 Å². The number of nitrogens with one attached hydrogen (secondary N) is 1. The zero-order valence-corrected chi connectivity index (χ0v) is 10.7. The van der Waals surface area contributed by atoms with Crippen molar-refractivity contribution in [1.29, 1.82) is 0 Å². The Labute approximate surface area is 97.0 Å². The summed E-state index contributed by atoms with van der Waals surface area (Å²) in [5.74, 6) is 0. The first kappa shape index (κ1) is 12.4. The molecule has 0 atom stereocenters. The van der Waals surface area contributed by atoms with Gasteiger partial charge in [-0.25, -0.2) is 13.4 Å². The molecule has 0 amide bonds. The minimum absolute atomic E-state index is 0.247. The normalized spacial score (nSPS) is 11.4. The predicted octanol–water partition coefficient (Wildman–Crippen LogP) is 1.36. The van der Waals surface area contributed by atoms with Gasteiger partial charge in [-0.05, 0) is 28.1 Å². The Bertz CT molecular complexity index is 447. The van der Waals surface area contributed by atoms with E-state index < -0.39 is 10.0 Å². The monoisotopic (exact) mass is 294 g/mol. The summed E-state index contributed by atoms with van der Waals surface area (Å²) in [7, 11) is -1.77. The molecular formula is C8H11BrN2O3S. The maximum atomic E-state index is 11.1. The van der Waals surface area contributed by atoms with E-state index in [1.165, 1.54) is 7.11 Å². The number of aromatic nitrogens is 1. The van der Waals surface area contributed by atoms with Gasteiger partial charge in [0.2, 0.25) is 10.0 Å². The lowest BCUT2D eigenvalue weighted by molar-refractivity contribution is 0.182. The molecule has 0 unspecified atom stereocenters. The molecule has 1 rings (SSSR count). The smallest absolute Gasteiger partial charge is 0.229 e. The molecule has 0 spiro atoms. The van der Waals surface area contributed by atoms with E-state index in [1.807, 2.05) is 0 Å². The number of sulfonamides is 1. The number of hydrogen-bond donors (Lipinski definition) is 1. The van der Waals surface area contributed by atoms with Crippen LogP contribution in [0.15, 0.2) is 16.7 Å². The Balaban J connectivity index is 3.05. The van der Waals surface area contributed by atoms with Gasteiger partial charge in [-0.15, -0.1) is 0 Å². The van der Waals surface area contributed by atoms with Crippen LogP contribution >= 0.6 is 15.9 Å². The Kier molecular flexibility index (Phi) is 4.06. The van der Waals surface area contributed by atoms with Crippen LogP contribution in [0.1, 0.15) is 5.69 Å². The van der Waals surface area contributed by atoms with Gasteiger partial charge in [0.1, 0.15) is 4.60 Å². The van der Waals surface area contributed by atoms with Crippen LogP contribution in [0.2, 0.25) is 0 Å². The molecule has 15 heavy (non-hydrogen) atoms. The second kappa shape index (κ2) is 4.91. The van der Waals surface area contributed by atoms with E-state index in [9.17, 15) is 8.42 Å². The van der Waals surface area contributed by atoms with Gasteiger partial charge < -0.3 is 4.74 Å². The van der Waals surface area contributed by atoms with Crippen LogP contribution in [-0.2, 0) is 21.4 Å². The summed E-state index contributed by atoms with van der Waals surface area (Å²) in [6.07, 6.45) is 1.09. The van der Waals surface area contributed by atoms with E-state index in [0.29, 0.717) is 16.0 Å². The van der Waals surface area contributed by atoms with Crippen molar-refractivity contribution < 1.29 is 13.2 Å². The fourth-order valence-electron chi connectivity index (χ4n) is 1.01. The number of ether oxygens (including phenoxy) is 1. The molecule has 1 N–H and O–H groups in total. The zero-order chi connectivity index (χ0) is 11.5. The fourth-order valence-corrected chi connectivity index (χ4v) is 1.95. The van der Waals surface area contributed by atoms with Crippen molar-refractivity contribution in [2.24, 2.45) is 0 Å². The third-order valence-electron chi connectivity index (χ3n) is 1.52. The highest BCUT2D eigenvalue weighted by molar-refractivity contribution is 9.10. The van der Waals surface area contributed by atoms with Crippen molar-refractivity contribution in [2.45, 2.75) is 6.61 Å². The van der Waals surface area contributed by atoms with E-state index in [4.69, 9.17) is 4.74 Å². The average molecular weight is 295 g/mol. The second-order valence-corrected chi connectivity index (χ2v) is 5.50. The summed E-state index contributed by atoms with van der Waals surface area (Å²) in [5, 5.41) is 0. The molecule has 1 aromatic heterocycles. The predicted molar refractivity (Wildman–Crippen MR) is 61.1 cm³/mol. The molecule has 5 nitrogen and oxygen atoms in total. The quantitative estimate of drug-likeness (QED) is 0.852. The van der Waals surface area contributed by atoms with Crippen LogP contribution in [0.3, 0.4) is 0 Å². The molecule has 0 saturated heterocycles. The molecule has 0 saturated carbocycles. The molecular weight excluding hydrogens is 284 g/mol. The Morgan fingerprint density at radius 2 is 2.20 bits per heavy atom. The third-order valence-corrected chi connectivity index (χ3v) is 2.55. The van der Waals surface area contributed by atoms with Gasteiger partial charge in [0.25, 0.3) is 0 Å². The Morgan fingerprint density at radius 1 is 1.53 bits per heavy atom. The number of rotatable bonds is 4. The van der Waals surface area contributed by atoms with Gasteiger partial charge in [0.05, 0.1) is 24.2 Å². The summed E-state index contributed by atoms with van der Waals surface area (Å²) < 4.78 is 30.0. The number of anilines is 1. The van der Waals surface area contributed by atoms with Crippen molar-refractivity contribution in [2.75, 3.05) is 18.1 Å². The molecule has 1 aromatic rings. The van der Waals surface area contributed by atoms with E-state index in [-0.39, 0.29) is 6.61 Å². The average Bonchev–Trinajstić information content (AvgIpc) is 2.08. The molecule has 0 aliphatic carbocycles. The lowest BCUT2D eigenvalue weighted by Gasteiger charge is -2.09. The highest BCUT2D eigenvalue weighted by atomic mass is 79.9. The van der Waals surface area contributed by atoms with E-state index >= 15 is 0 Å². The minimum Gasteiger partial charge on any atom is -0.378 e. The highest BCUT2D eigenvalue weighted by Gasteiger charge is 2.08. The summed E-state index contributed by atoms with van der Waals surface area (Å²) in [6, 6.07) is 3.29. The first-order chi connectivity index (χ1) is 6.92. The minimum atomic E-state index is -3.29. The van der Waals surface area contributed by atoms with Crippen molar-refractivity contribution in [3.63, 3.8) is 0 Å². The largest absolute Gasteiger partial charge is 0.378 e. The van der Waals surface area contributed by atoms with Crippen LogP contribution < -0.4 is 4.72 Å². The summed E-state index contributed by atoms with van der Waals surface area (Å²) in [6.45, 7) is 0.247. The summed E-state index contributed by atoms with van der Waals surface area (Å²) >= 11 is 3.20. The number of methoxy groups -OCH3 is 1. The lowest BCUT2D eigenvalue weighted by atomic mass is 10.3. The molecule has 7 heteroatoms. The molecule has 0 bridgehead atoms. The highest BCUT2D eigenvalue weighted by Crippen LogP contribution is 2.18. The zero-order valence-electron chi connectivity index (χ0n) is 8.32. The van der Waals surface area contributed by atoms with Gasteiger partial charge in [-0.2, -0.15) is 0 Å². The topological polar surface area (TPSA) is 68.3 Å². The molecule has 84 valence electrons. The van der Waals surface area contributed by atoms with Crippen LogP contribution in [-0.4, -0.2) is 26.8 Å². The van der Waals surface area contributed by atoms with Crippen LogP contribution in [0.5, 0.6) is 0 Å². The lowest BCUT2D eigenvalue weighted by Crippen LogP contribution is -2.12. The summed E-state index contributed by atoms with van der Waals surface area (Å²) in [4.78, 5) is 4.11. The fraction of sp³-hybridized carbons (Fsp3) is 0.375. The molecule has 1 heterocycles.